The Hall–Kier alpha value is -1.09. The average molecular weight is 292 g/mol. The topological polar surface area (TPSA) is 94.1 Å². The first-order chi connectivity index (χ1) is 8.44. The molecule has 0 unspecified atom stereocenters. The molecule has 0 amide bonds. The van der Waals surface area contributed by atoms with Crippen LogP contribution in [0.15, 0.2) is 5.16 Å². The number of nitrogens with zero attached hydrogens (tertiary/aromatic N) is 3. The lowest BCUT2D eigenvalue weighted by atomic mass is 10.7. The summed E-state index contributed by atoms with van der Waals surface area (Å²) in [5, 5.41) is 3.40. The van der Waals surface area contributed by atoms with Crippen LogP contribution in [0.3, 0.4) is 0 Å². The summed E-state index contributed by atoms with van der Waals surface area (Å²) in [4.78, 5) is 12.2. The zero-order chi connectivity index (χ0) is 13.6. The third kappa shape index (κ3) is 5.50. The van der Waals surface area contributed by atoms with Crippen LogP contribution in [0.25, 0.3) is 0 Å². The smallest absolute Gasteiger partial charge is 0.321 e. The summed E-state index contributed by atoms with van der Waals surface area (Å²) in [6.07, 6.45) is 1.20. The molecule has 0 atom stereocenters. The van der Waals surface area contributed by atoms with Gasteiger partial charge in [0.2, 0.25) is 5.95 Å². The molecule has 9 heteroatoms. The molecule has 1 N–H and O–H groups in total. The van der Waals surface area contributed by atoms with Crippen LogP contribution >= 0.6 is 11.8 Å². The molecule has 0 radical (unpaired) electrons. The largest absolute Gasteiger partial charge is 0.467 e. The zero-order valence-corrected chi connectivity index (χ0v) is 12.1. The highest BCUT2D eigenvalue weighted by Gasteiger charge is 2.08. The van der Waals surface area contributed by atoms with Crippen LogP contribution in [-0.2, 0) is 9.84 Å². The monoisotopic (exact) mass is 292 g/mol. The number of anilines is 1. The third-order valence-corrected chi connectivity index (χ3v) is 3.85. The van der Waals surface area contributed by atoms with Crippen LogP contribution in [0.1, 0.15) is 6.92 Å². The molecule has 0 fully saturated rings. The van der Waals surface area contributed by atoms with Gasteiger partial charge in [-0.25, -0.2) is 8.42 Å². The molecule has 0 saturated carbocycles. The van der Waals surface area contributed by atoms with Crippen molar-refractivity contribution in [2.75, 3.05) is 36.7 Å². The lowest BCUT2D eigenvalue weighted by Gasteiger charge is -2.06. The number of ether oxygens (including phenoxy) is 1. The van der Waals surface area contributed by atoms with E-state index in [-0.39, 0.29) is 11.8 Å². The summed E-state index contributed by atoms with van der Waals surface area (Å²) >= 11 is 1.26. The van der Waals surface area contributed by atoms with Gasteiger partial charge in [0.05, 0.1) is 12.9 Å². The number of hydrogen-bond donors (Lipinski definition) is 1. The van der Waals surface area contributed by atoms with E-state index in [0.29, 0.717) is 23.4 Å². The van der Waals surface area contributed by atoms with E-state index in [1.165, 1.54) is 25.1 Å². The molecule has 18 heavy (non-hydrogen) atoms. The van der Waals surface area contributed by atoms with Crippen LogP contribution in [-0.4, -0.2) is 54.8 Å². The predicted octanol–water partition coefficient (Wildman–Crippen LogP) is 0.449. The van der Waals surface area contributed by atoms with E-state index in [1.807, 2.05) is 6.92 Å². The lowest BCUT2D eigenvalue weighted by Crippen LogP contribution is -2.08. The summed E-state index contributed by atoms with van der Waals surface area (Å²) in [5.41, 5.74) is 0. The molecule has 0 saturated heterocycles. The van der Waals surface area contributed by atoms with Crippen LogP contribution in [0.5, 0.6) is 6.01 Å². The second-order valence-electron chi connectivity index (χ2n) is 3.44. The quantitative estimate of drug-likeness (QED) is 0.724. The molecule has 1 aromatic rings. The second kappa shape index (κ2) is 6.74. The summed E-state index contributed by atoms with van der Waals surface area (Å²) in [5.74, 6) is 0.908. The molecule has 0 aromatic carbocycles. The van der Waals surface area contributed by atoms with Gasteiger partial charge in [0.15, 0.2) is 5.16 Å². The van der Waals surface area contributed by atoms with Crippen molar-refractivity contribution in [2.24, 2.45) is 0 Å². The lowest BCUT2D eigenvalue weighted by molar-refractivity contribution is 0.373. The van der Waals surface area contributed by atoms with Crippen molar-refractivity contribution >= 4 is 27.5 Å². The highest BCUT2D eigenvalue weighted by atomic mass is 32.2. The molecular formula is C9H16N4O3S2. The van der Waals surface area contributed by atoms with Crippen LogP contribution < -0.4 is 10.1 Å². The molecule has 102 valence electrons. The minimum Gasteiger partial charge on any atom is -0.467 e. The fourth-order valence-electron chi connectivity index (χ4n) is 1.02. The van der Waals surface area contributed by atoms with E-state index in [2.05, 4.69) is 20.3 Å². The van der Waals surface area contributed by atoms with E-state index < -0.39 is 9.84 Å². The molecule has 7 nitrogen and oxygen atoms in total. The van der Waals surface area contributed by atoms with E-state index in [1.54, 1.807) is 0 Å². The van der Waals surface area contributed by atoms with Gasteiger partial charge in [0.1, 0.15) is 9.84 Å². The predicted molar refractivity (Wildman–Crippen MR) is 71.0 cm³/mol. The Kier molecular flexibility index (Phi) is 5.60. The van der Waals surface area contributed by atoms with Crippen molar-refractivity contribution in [1.29, 1.82) is 0 Å². The molecule has 0 aliphatic carbocycles. The second-order valence-corrected chi connectivity index (χ2v) is 6.76. The van der Waals surface area contributed by atoms with Gasteiger partial charge in [-0.05, 0) is 6.92 Å². The maximum Gasteiger partial charge on any atom is 0.321 e. The van der Waals surface area contributed by atoms with Crippen molar-refractivity contribution in [3.63, 3.8) is 0 Å². The molecule has 0 aliphatic rings. The Balaban J connectivity index is 2.72. The van der Waals surface area contributed by atoms with Crippen molar-refractivity contribution in [1.82, 2.24) is 15.0 Å². The number of sulfone groups is 1. The Morgan fingerprint density at radius 1 is 1.33 bits per heavy atom. The number of hydrogen-bond acceptors (Lipinski definition) is 8. The molecule has 1 aromatic heterocycles. The summed E-state index contributed by atoms with van der Waals surface area (Å²) in [6.45, 7) is 2.60. The van der Waals surface area contributed by atoms with Gasteiger partial charge in [-0.3, -0.25) is 0 Å². The van der Waals surface area contributed by atoms with Crippen LogP contribution in [0.4, 0.5) is 5.95 Å². The fraction of sp³-hybridized carbons (Fsp3) is 0.667. The van der Waals surface area contributed by atoms with E-state index in [9.17, 15) is 8.42 Å². The SMILES string of the molecule is CCNc1nc(OC)nc(SCCS(C)(=O)=O)n1. The van der Waals surface area contributed by atoms with Gasteiger partial charge >= 0.3 is 6.01 Å². The normalized spacial score (nSPS) is 11.3. The Morgan fingerprint density at radius 3 is 2.61 bits per heavy atom. The van der Waals surface area contributed by atoms with Crippen molar-refractivity contribution in [3.05, 3.63) is 0 Å². The fourth-order valence-corrected chi connectivity index (χ4v) is 3.04. The van der Waals surface area contributed by atoms with Gasteiger partial charge in [-0.1, -0.05) is 11.8 Å². The number of thioether (sulfide) groups is 1. The van der Waals surface area contributed by atoms with E-state index >= 15 is 0 Å². The molecule has 1 rings (SSSR count). The van der Waals surface area contributed by atoms with Gasteiger partial charge in [0, 0.05) is 18.6 Å². The molecule has 0 aliphatic heterocycles. The molecule has 1 heterocycles. The van der Waals surface area contributed by atoms with Crippen molar-refractivity contribution in [2.45, 2.75) is 12.1 Å². The first-order valence-corrected chi connectivity index (χ1v) is 8.33. The van der Waals surface area contributed by atoms with Gasteiger partial charge in [-0.15, -0.1) is 0 Å². The zero-order valence-electron chi connectivity index (χ0n) is 10.5. The van der Waals surface area contributed by atoms with E-state index in [0.717, 1.165) is 0 Å². The summed E-state index contributed by atoms with van der Waals surface area (Å²) in [6, 6.07) is 0.211. The highest BCUT2D eigenvalue weighted by molar-refractivity contribution is 8.00. The van der Waals surface area contributed by atoms with Crippen molar-refractivity contribution < 1.29 is 13.2 Å². The van der Waals surface area contributed by atoms with Crippen LogP contribution in [0, 0.1) is 0 Å². The number of rotatable bonds is 7. The molecular weight excluding hydrogens is 276 g/mol. The maximum absolute atomic E-state index is 11.0. The van der Waals surface area contributed by atoms with Gasteiger partial charge < -0.3 is 10.1 Å². The Morgan fingerprint density at radius 2 is 2.06 bits per heavy atom. The standard InChI is InChI=1S/C9H16N4O3S2/c1-4-10-7-11-8(16-2)13-9(12-7)17-5-6-18(3,14)15/h4-6H2,1-3H3,(H,10,11,12,13). The Bertz CT molecular complexity index is 493. The van der Waals surface area contributed by atoms with E-state index in [4.69, 9.17) is 4.74 Å². The molecule has 0 bridgehead atoms. The third-order valence-electron chi connectivity index (χ3n) is 1.80. The Labute approximate surface area is 111 Å². The minimum absolute atomic E-state index is 0.0855. The first kappa shape index (κ1) is 15.0. The van der Waals surface area contributed by atoms with Crippen LogP contribution in [0.2, 0.25) is 0 Å². The molecule has 0 spiro atoms. The summed E-state index contributed by atoms with van der Waals surface area (Å²) < 4.78 is 27.0. The van der Waals surface area contributed by atoms with Crippen molar-refractivity contribution in [3.8, 4) is 6.01 Å². The minimum atomic E-state index is -2.97. The average Bonchev–Trinajstić information content (AvgIpc) is 2.27. The number of nitrogens with one attached hydrogen (secondary N) is 1. The van der Waals surface area contributed by atoms with Gasteiger partial charge in [-0.2, -0.15) is 15.0 Å². The highest BCUT2D eigenvalue weighted by Crippen LogP contribution is 2.17. The maximum atomic E-state index is 11.0. The number of methoxy groups -OCH3 is 1. The van der Waals surface area contributed by atoms with Gasteiger partial charge in [0.25, 0.3) is 0 Å². The first-order valence-electron chi connectivity index (χ1n) is 5.29. The summed E-state index contributed by atoms with van der Waals surface area (Å²) in [7, 11) is -1.50. The number of aromatic nitrogens is 3.